The van der Waals surface area contributed by atoms with Gasteiger partial charge in [-0.2, -0.15) is 0 Å². The summed E-state index contributed by atoms with van der Waals surface area (Å²) in [6.45, 7) is 1.62. The number of likely N-dealkylation sites (tertiary alicyclic amines) is 1. The molecule has 0 aromatic carbocycles. The van der Waals surface area contributed by atoms with Gasteiger partial charge in [-0.3, -0.25) is 0 Å². The van der Waals surface area contributed by atoms with Crippen LogP contribution in [0.5, 0.6) is 0 Å². The fraction of sp³-hybridized carbons (Fsp3) is 0.917. The molecule has 2 amide bonds. The highest BCUT2D eigenvalue weighted by atomic mass is 32.2. The quantitative estimate of drug-likeness (QED) is 0.719. The molecular formula is C12H22N2O3S. The molecule has 18 heavy (non-hydrogen) atoms. The van der Waals surface area contributed by atoms with E-state index in [1.54, 1.807) is 11.9 Å². The largest absolute Gasteiger partial charge is 0.325 e. The van der Waals surface area contributed by atoms with E-state index < -0.39 is 9.84 Å². The summed E-state index contributed by atoms with van der Waals surface area (Å²) in [5.41, 5.74) is 0. The zero-order chi connectivity index (χ0) is 13.2. The Bertz CT molecular complexity index is 400. The van der Waals surface area contributed by atoms with Crippen LogP contribution in [0.3, 0.4) is 0 Å². The van der Waals surface area contributed by atoms with Gasteiger partial charge < -0.3 is 9.80 Å². The van der Waals surface area contributed by atoms with Crippen molar-refractivity contribution in [3.63, 3.8) is 0 Å². The molecule has 2 rings (SSSR count). The van der Waals surface area contributed by atoms with E-state index in [1.807, 2.05) is 4.90 Å². The normalized spacial score (nSPS) is 27.8. The van der Waals surface area contributed by atoms with Crippen molar-refractivity contribution < 1.29 is 13.2 Å². The highest BCUT2D eigenvalue weighted by Gasteiger charge is 2.34. The number of carbonyl (C=O) groups is 1. The Morgan fingerprint density at radius 1 is 1.17 bits per heavy atom. The number of rotatable bonds is 1. The molecule has 1 unspecified atom stereocenters. The highest BCUT2D eigenvalue weighted by Crippen LogP contribution is 2.19. The van der Waals surface area contributed by atoms with Crippen molar-refractivity contribution in [3.05, 3.63) is 0 Å². The summed E-state index contributed by atoms with van der Waals surface area (Å²) in [5, 5.41) is 0. The number of urea groups is 1. The molecule has 2 aliphatic heterocycles. The van der Waals surface area contributed by atoms with E-state index >= 15 is 0 Å². The zero-order valence-corrected chi connectivity index (χ0v) is 11.8. The van der Waals surface area contributed by atoms with Crippen LogP contribution in [0, 0.1) is 0 Å². The SMILES string of the molecule is CN(C(=O)N1CCCCCC1)C1CCS(=O)(=O)C1. The lowest BCUT2D eigenvalue weighted by Crippen LogP contribution is -2.46. The number of hydrogen-bond acceptors (Lipinski definition) is 3. The van der Waals surface area contributed by atoms with Crippen LogP contribution < -0.4 is 0 Å². The van der Waals surface area contributed by atoms with E-state index in [9.17, 15) is 13.2 Å². The summed E-state index contributed by atoms with van der Waals surface area (Å²) in [6.07, 6.45) is 5.07. The predicted octanol–water partition coefficient (Wildman–Crippen LogP) is 1.10. The second-order valence-corrected chi connectivity index (χ2v) is 7.58. The molecule has 0 aromatic rings. The summed E-state index contributed by atoms with van der Waals surface area (Å²) in [6, 6.07) is -0.134. The van der Waals surface area contributed by atoms with Gasteiger partial charge in [0.05, 0.1) is 11.5 Å². The van der Waals surface area contributed by atoms with Gasteiger partial charge in [-0.05, 0) is 19.3 Å². The molecule has 0 aromatic heterocycles. The number of amides is 2. The van der Waals surface area contributed by atoms with Gasteiger partial charge in [-0.15, -0.1) is 0 Å². The molecule has 1 atom stereocenters. The standard InChI is InChI=1S/C12H22N2O3S/c1-13(11-6-9-18(16,17)10-11)12(15)14-7-4-2-3-5-8-14/h11H,2-10H2,1H3. The summed E-state index contributed by atoms with van der Waals surface area (Å²) < 4.78 is 22.9. The number of sulfone groups is 1. The first-order valence-corrected chi connectivity index (χ1v) is 8.54. The first kappa shape index (κ1) is 13.6. The van der Waals surface area contributed by atoms with Crippen molar-refractivity contribution >= 4 is 15.9 Å². The van der Waals surface area contributed by atoms with Crippen molar-refractivity contribution in [1.82, 2.24) is 9.80 Å². The van der Waals surface area contributed by atoms with E-state index in [2.05, 4.69) is 0 Å². The first-order chi connectivity index (χ1) is 8.49. The molecule has 2 aliphatic rings. The molecule has 0 saturated carbocycles. The smallest absolute Gasteiger partial charge is 0.320 e. The van der Waals surface area contributed by atoms with Gasteiger partial charge >= 0.3 is 6.03 Å². The molecule has 0 bridgehead atoms. The second kappa shape index (κ2) is 5.47. The Balaban J connectivity index is 1.95. The first-order valence-electron chi connectivity index (χ1n) is 6.72. The zero-order valence-electron chi connectivity index (χ0n) is 11.0. The molecule has 2 heterocycles. The third kappa shape index (κ3) is 3.16. The number of carbonyl (C=O) groups excluding carboxylic acids is 1. The van der Waals surface area contributed by atoms with Crippen LogP contribution in [0.25, 0.3) is 0 Å². The third-order valence-corrected chi connectivity index (χ3v) is 5.68. The van der Waals surface area contributed by atoms with Crippen LogP contribution in [0.1, 0.15) is 32.1 Å². The van der Waals surface area contributed by atoms with E-state index in [0.29, 0.717) is 6.42 Å². The lowest BCUT2D eigenvalue weighted by atomic mass is 10.2. The van der Waals surface area contributed by atoms with Gasteiger partial charge in [-0.1, -0.05) is 12.8 Å². The number of hydrogen-bond donors (Lipinski definition) is 0. The van der Waals surface area contributed by atoms with E-state index in [0.717, 1.165) is 25.9 Å². The molecule has 2 saturated heterocycles. The van der Waals surface area contributed by atoms with E-state index in [1.165, 1.54) is 12.8 Å². The van der Waals surface area contributed by atoms with Crippen LogP contribution in [0.15, 0.2) is 0 Å². The van der Waals surface area contributed by atoms with Gasteiger partial charge in [0.1, 0.15) is 0 Å². The lowest BCUT2D eigenvalue weighted by molar-refractivity contribution is 0.152. The maximum absolute atomic E-state index is 12.3. The van der Waals surface area contributed by atoms with E-state index in [4.69, 9.17) is 0 Å². The Morgan fingerprint density at radius 3 is 2.28 bits per heavy atom. The predicted molar refractivity (Wildman–Crippen MR) is 70.3 cm³/mol. The minimum atomic E-state index is -2.92. The minimum Gasteiger partial charge on any atom is -0.325 e. The van der Waals surface area contributed by atoms with Gasteiger partial charge in [0, 0.05) is 26.2 Å². The third-order valence-electron chi connectivity index (χ3n) is 3.93. The molecule has 0 N–H and O–H groups in total. The maximum atomic E-state index is 12.3. The molecule has 2 fully saturated rings. The lowest BCUT2D eigenvalue weighted by Gasteiger charge is -2.30. The highest BCUT2D eigenvalue weighted by molar-refractivity contribution is 7.91. The summed E-state index contributed by atoms with van der Waals surface area (Å²) in [5.74, 6) is 0.346. The molecule has 0 radical (unpaired) electrons. The monoisotopic (exact) mass is 274 g/mol. The molecule has 0 spiro atoms. The van der Waals surface area contributed by atoms with Gasteiger partial charge in [0.15, 0.2) is 9.84 Å². The Labute approximate surface area is 109 Å². The number of nitrogens with zero attached hydrogens (tertiary/aromatic N) is 2. The minimum absolute atomic E-state index is 0.000926. The average Bonchev–Trinajstić information content (AvgIpc) is 2.57. The van der Waals surface area contributed by atoms with Gasteiger partial charge in [0.25, 0.3) is 0 Å². The summed E-state index contributed by atoms with van der Waals surface area (Å²) in [4.78, 5) is 15.8. The van der Waals surface area contributed by atoms with Crippen LogP contribution in [-0.4, -0.2) is 61.9 Å². The maximum Gasteiger partial charge on any atom is 0.320 e. The molecule has 0 aliphatic carbocycles. The van der Waals surface area contributed by atoms with Crippen molar-refractivity contribution in [3.8, 4) is 0 Å². The van der Waals surface area contributed by atoms with Gasteiger partial charge in [-0.25, -0.2) is 13.2 Å². The van der Waals surface area contributed by atoms with Crippen molar-refractivity contribution in [2.75, 3.05) is 31.6 Å². The molecular weight excluding hydrogens is 252 g/mol. The molecule has 104 valence electrons. The molecule has 6 heteroatoms. The van der Waals surface area contributed by atoms with Crippen molar-refractivity contribution in [2.24, 2.45) is 0 Å². The van der Waals surface area contributed by atoms with Gasteiger partial charge in [0.2, 0.25) is 0 Å². The van der Waals surface area contributed by atoms with E-state index in [-0.39, 0.29) is 23.6 Å². The fourth-order valence-electron chi connectivity index (χ4n) is 2.72. The van der Waals surface area contributed by atoms with Crippen LogP contribution in [0.4, 0.5) is 4.79 Å². The fourth-order valence-corrected chi connectivity index (χ4v) is 4.50. The summed E-state index contributed by atoms with van der Waals surface area (Å²) >= 11 is 0. The second-order valence-electron chi connectivity index (χ2n) is 5.35. The summed E-state index contributed by atoms with van der Waals surface area (Å²) in [7, 11) is -1.19. The van der Waals surface area contributed by atoms with Crippen molar-refractivity contribution in [2.45, 2.75) is 38.1 Å². The topological polar surface area (TPSA) is 57.7 Å². The average molecular weight is 274 g/mol. The van der Waals surface area contributed by atoms with Crippen LogP contribution >= 0.6 is 0 Å². The Kier molecular flexibility index (Phi) is 4.14. The van der Waals surface area contributed by atoms with Crippen molar-refractivity contribution in [1.29, 1.82) is 0 Å². The Hall–Kier alpha value is -0.780. The van der Waals surface area contributed by atoms with Crippen LogP contribution in [0.2, 0.25) is 0 Å². The molecule has 5 nitrogen and oxygen atoms in total. The Morgan fingerprint density at radius 2 is 1.78 bits per heavy atom. The van der Waals surface area contributed by atoms with Crippen LogP contribution in [-0.2, 0) is 9.84 Å².